The molecule has 1 saturated heterocycles. The molecular formula is C23H29N5O3S. The third kappa shape index (κ3) is 3.38. The van der Waals surface area contributed by atoms with E-state index in [1.54, 1.807) is 0 Å². The zero-order valence-corrected chi connectivity index (χ0v) is 19.1. The van der Waals surface area contributed by atoms with Gasteiger partial charge in [0.2, 0.25) is 0 Å². The fourth-order valence-corrected chi connectivity index (χ4v) is 6.42. The molecule has 1 saturated carbocycles. The molecule has 4 aliphatic rings. The Morgan fingerprint density at radius 1 is 1.31 bits per heavy atom. The summed E-state index contributed by atoms with van der Waals surface area (Å²) in [6.45, 7) is 3.89. The van der Waals surface area contributed by atoms with Crippen molar-refractivity contribution in [3.05, 3.63) is 40.8 Å². The Balaban J connectivity index is 1.22. The number of para-hydroxylation sites is 2. The van der Waals surface area contributed by atoms with Crippen LogP contribution in [0, 0.1) is 0 Å². The summed E-state index contributed by atoms with van der Waals surface area (Å²) in [6.07, 6.45) is 4.49. The van der Waals surface area contributed by atoms with E-state index in [1.807, 2.05) is 24.3 Å². The molecular weight excluding hydrogens is 426 g/mol. The fraction of sp³-hybridized carbons (Fsp3) is 0.565. The number of benzene rings is 1. The predicted octanol–water partition coefficient (Wildman–Crippen LogP) is 2.16. The van der Waals surface area contributed by atoms with Gasteiger partial charge in [0.25, 0.3) is 0 Å². The van der Waals surface area contributed by atoms with Crippen molar-refractivity contribution in [1.29, 1.82) is 0 Å². The summed E-state index contributed by atoms with van der Waals surface area (Å²) in [5.41, 5.74) is 2.48. The first kappa shape index (κ1) is 20.4. The third-order valence-electron chi connectivity index (χ3n) is 7.28. The number of hydrogen-bond acceptors (Lipinski definition) is 8. The van der Waals surface area contributed by atoms with Crippen molar-refractivity contribution in [2.24, 2.45) is 4.99 Å². The number of aromatic nitrogens is 1. The molecule has 6 rings (SSSR count). The van der Waals surface area contributed by atoms with Gasteiger partial charge in [-0.25, -0.2) is 9.98 Å². The molecule has 2 fully saturated rings. The van der Waals surface area contributed by atoms with Crippen LogP contribution in [-0.2, 0) is 10.8 Å². The van der Waals surface area contributed by atoms with Crippen LogP contribution in [-0.4, -0.2) is 61.8 Å². The number of allylic oxidation sites excluding steroid dienone is 1. The van der Waals surface area contributed by atoms with Crippen molar-refractivity contribution in [1.82, 2.24) is 20.5 Å². The first-order chi connectivity index (χ1) is 15.5. The Morgan fingerprint density at radius 3 is 2.81 bits per heavy atom. The largest absolute Gasteiger partial charge is 0.440 e. The van der Waals surface area contributed by atoms with Crippen molar-refractivity contribution < 1.29 is 13.7 Å². The van der Waals surface area contributed by atoms with Gasteiger partial charge in [0, 0.05) is 36.9 Å². The molecule has 2 aromatic rings. The lowest BCUT2D eigenvalue weighted by molar-refractivity contribution is 0.0557. The summed E-state index contributed by atoms with van der Waals surface area (Å²) >= 11 is 0. The van der Waals surface area contributed by atoms with Gasteiger partial charge in [0.1, 0.15) is 11.4 Å². The van der Waals surface area contributed by atoms with Gasteiger partial charge in [0.15, 0.2) is 17.3 Å². The normalized spacial score (nSPS) is 30.2. The topological polar surface area (TPSA) is 103 Å². The summed E-state index contributed by atoms with van der Waals surface area (Å²) in [7, 11) is -1.05. The van der Waals surface area contributed by atoms with E-state index in [-0.39, 0.29) is 12.1 Å². The fourth-order valence-electron chi connectivity index (χ4n) is 5.09. The SMILES string of the molecule is CC1(N2CCC(c3nc4ccccc4o3)CC2)N=C(NC2(CO)CC2)C2=C(CCS2=O)N1. The van der Waals surface area contributed by atoms with E-state index < -0.39 is 16.6 Å². The molecule has 3 aliphatic heterocycles. The lowest BCUT2D eigenvalue weighted by Gasteiger charge is -2.45. The minimum atomic E-state index is -1.05. The number of nitrogens with one attached hydrogen (secondary N) is 2. The van der Waals surface area contributed by atoms with Crippen LogP contribution >= 0.6 is 0 Å². The van der Waals surface area contributed by atoms with E-state index in [0.29, 0.717) is 17.5 Å². The highest BCUT2D eigenvalue weighted by molar-refractivity contribution is 7.90. The van der Waals surface area contributed by atoms with Crippen LogP contribution in [0.15, 0.2) is 44.3 Å². The summed E-state index contributed by atoms with van der Waals surface area (Å²) in [4.78, 5) is 12.9. The second kappa shape index (κ2) is 7.40. The number of likely N-dealkylation sites (tertiary alicyclic amines) is 1. The maximum atomic E-state index is 12.7. The van der Waals surface area contributed by atoms with E-state index in [2.05, 4.69) is 22.5 Å². The number of aliphatic hydroxyl groups excluding tert-OH is 1. The Hall–Kier alpha value is -2.23. The molecule has 9 heteroatoms. The van der Waals surface area contributed by atoms with Gasteiger partial charge >= 0.3 is 0 Å². The van der Waals surface area contributed by atoms with Gasteiger partial charge in [-0.1, -0.05) is 12.1 Å². The number of amidine groups is 1. The number of rotatable bonds is 4. The van der Waals surface area contributed by atoms with Gasteiger partial charge < -0.3 is 20.2 Å². The van der Waals surface area contributed by atoms with E-state index >= 15 is 0 Å². The van der Waals surface area contributed by atoms with Gasteiger partial charge in [0.05, 0.1) is 27.9 Å². The summed E-state index contributed by atoms with van der Waals surface area (Å²) in [6, 6.07) is 7.91. The van der Waals surface area contributed by atoms with Crippen molar-refractivity contribution >= 4 is 27.7 Å². The Morgan fingerprint density at radius 2 is 2.09 bits per heavy atom. The van der Waals surface area contributed by atoms with Gasteiger partial charge in [-0.3, -0.25) is 9.11 Å². The molecule has 170 valence electrons. The first-order valence-electron chi connectivity index (χ1n) is 11.5. The van der Waals surface area contributed by atoms with E-state index in [9.17, 15) is 9.32 Å². The van der Waals surface area contributed by atoms with Crippen molar-refractivity contribution in [2.75, 3.05) is 25.4 Å². The predicted molar refractivity (Wildman–Crippen MR) is 123 cm³/mol. The average molecular weight is 456 g/mol. The lowest BCUT2D eigenvalue weighted by Crippen LogP contribution is -2.60. The number of oxazole rings is 1. The highest BCUT2D eigenvalue weighted by atomic mass is 32.2. The minimum absolute atomic E-state index is 0.0707. The quantitative estimate of drug-likeness (QED) is 0.649. The molecule has 32 heavy (non-hydrogen) atoms. The molecule has 4 heterocycles. The van der Waals surface area contributed by atoms with E-state index in [0.717, 1.165) is 72.8 Å². The molecule has 0 spiro atoms. The third-order valence-corrected chi connectivity index (χ3v) is 8.75. The van der Waals surface area contributed by atoms with Gasteiger partial charge in [-0.05, 0) is 44.7 Å². The molecule has 0 bridgehead atoms. The monoisotopic (exact) mass is 455 g/mol. The highest BCUT2D eigenvalue weighted by Crippen LogP contribution is 2.39. The summed E-state index contributed by atoms with van der Waals surface area (Å²) in [5, 5.41) is 16.9. The van der Waals surface area contributed by atoms with Crippen molar-refractivity contribution in [2.45, 2.75) is 56.3 Å². The van der Waals surface area contributed by atoms with Crippen LogP contribution < -0.4 is 10.6 Å². The second-order valence-electron chi connectivity index (χ2n) is 9.56. The molecule has 1 aliphatic carbocycles. The van der Waals surface area contributed by atoms with Crippen molar-refractivity contribution in [3.63, 3.8) is 0 Å². The molecule has 0 radical (unpaired) electrons. The Labute approximate surface area is 189 Å². The number of aliphatic hydroxyl groups is 1. The molecule has 3 N–H and O–H groups in total. The molecule has 8 nitrogen and oxygen atoms in total. The molecule has 0 amide bonds. The van der Waals surface area contributed by atoms with E-state index in [1.165, 1.54) is 0 Å². The van der Waals surface area contributed by atoms with Crippen LogP contribution in [0.5, 0.6) is 0 Å². The maximum Gasteiger partial charge on any atom is 0.198 e. The summed E-state index contributed by atoms with van der Waals surface area (Å²) in [5.74, 6) is 1.84. The maximum absolute atomic E-state index is 12.7. The smallest absolute Gasteiger partial charge is 0.198 e. The van der Waals surface area contributed by atoms with Crippen LogP contribution in [0.25, 0.3) is 11.1 Å². The standard InChI is InChI=1S/C23H29N5O3S/c1-22(25-17-8-13-32(30)19(17)20(26-22)27-23(14-29)9-10-23)28-11-6-15(7-12-28)21-24-16-4-2-3-5-18(16)31-21/h2-5,15,25,29H,6-14H2,1H3,(H,26,27). The van der Waals surface area contributed by atoms with Gasteiger partial charge in [-0.2, -0.15) is 0 Å². The Kier molecular flexibility index (Phi) is 4.71. The number of fused-ring (bicyclic) bond motifs is 1. The number of nitrogens with zero attached hydrogens (tertiary/aromatic N) is 3. The van der Waals surface area contributed by atoms with Crippen LogP contribution in [0.1, 0.15) is 50.8 Å². The van der Waals surface area contributed by atoms with Gasteiger partial charge in [-0.15, -0.1) is 0 Å². The number of hydrogen-bond donors (Lipinski definition) is 3. The van der Waals surface area contributed by atoms with Crippen molar-refractivity contribution in [3.8, 4) is 0 Å². The molecule has 1 aromatic heterocycles. The zero-order chi connectivity index (χ0) is 21.9. The second-order valence-corrected chi connectivity index (χ2v) is 11.1. The van der Waals surface area contributed by atoms with Crippen LogP contribution in [0.2, 0.25) is 0 Å². The van der Waals surface area contributed by atoms with Crippen LogP contribution in [0.4, 0.5) is 0 Å². The number of piperidine rings is 1. The zero-order valence-electron chi connectivity index (χ0n) is 18.3. The minimum Gasteiger partial charge on any atom is -0.440 e. The average Bonchev–Trinajstić information content (AvgIpc) is 3.27. The summed E-state index contributed by atoms with van der Waals surface area (Å²) < 4.78 is 18.7. The van der Waals surface area contributed by atoms with Crippen LogP contribution in [0.3, 0.4) is 0 Å². The molecule has 2 atom stereocenters. The molecule has 1 aromatic carbocycles. The van der Waals surface area contributed by atoms with E-state index in [4.69, 9.17) is 14.4 Å². The highest BCUT2D eigenvalue weighted by Gasteiger charge is 2.47. The Bertz CT molecular complexity index is 1110. The number of aliphatic imine (C=N–C) groups is 1. The lowest BCUT2D eigenvalue weighted by atomic mass is 9.95. The molecule has 2 unspecified atom stereocenters. The first-order valence-corrected chi connectivity index (χ1v) is 12.8.